The molecule has 0 saturated heterocycles. The number of aromatic nitrogens is 5. The maximum Gasteiger partial charge on any atom is 0.143 e. The third-order valence-corrected chi connectivity index (χ3v) is 5.90. The van der Waals surface area contributed by atoms with E-state index in [0.717, 1.165) is 28.0 Å². The van der Waals surface area contributed by atoms with E-state index in [1.807, 2.05) is 41.4 Å². The summed E-state index contributed by atoms with van der Waals surface area (Å²) in [7, 11) is 0. The third-order valence-electron chi connectivity index (χ3n) is 4.94. The Labute approximate surface area is 192 Å². The Kier molecular flexibility index (Phi) is 5.26. The van der Waals surface area contributed by atoms with Gasteiger partial charge in [-0.25, -0.2) is 9.97 Å². The number of benzene rings is 2. The number of halogens is 2. The topological polar surface area (TPSA) is 48.5 Å². The molecular weight excluding hydrogens is 509 g/mol. The zero-order valence-electron chi connectivity index (χ0n) is 15.9. The monoisotopic (exact) mass is 525 g/mol. The molecule has 7 heteroatoms. The van der Waals surface area contributed by atoms with Crippen molar-refractivity contribution in [3.63, 3.8) is 0 Å². The second kappa shape index (κ2) is 8.20. The molecule has 5 nitrogen and oxygen atoms in total. The van der Waals surface area contributed by atoms with Crippen LogP contribution in [0.15, 0.2) is 79.6 Å². The first kappa shape index (κ1) is 19.3. The number of pyridine rings is 1. The lowest BCUT2D eigenvalue weighted by molar-refractivity contribution is 0.792. The van der Waals surface area contributed by atoms with Crippen molar-refractivity contribution in [3.05, 3.63) is 99.4 Å². The summed E-state index contributed by atoms with van der Waals surface area (Å²) in [5, 5.41) is 0.699. The fourth-order valence-corrected chi connectivity index (χ4v) is 4.06. The molecular formula is C23H17ClIN5. The summed E-state index contributed by atoms with van der Waals surface area (Å²) in [5.74, 6) is 0.880. The fourth-order valence-electron chi connectivity index (χ4n) is 3.54. The van der Waals surface area contributed by atoms with Crippen LogP contribution in [0.4, 0.5) is 0 Å². The van der Waals surface area contributed by atoms with Gasteiger partial charge < -0.3 is 9.13 Å². The Morgan fingerprint density at radius 1 is 0.900 bits per heavy atom. The van der Waals surface area contributed by atoms with E-state index in [0.29, 0.717) is 18.1 Å². The van der Waals surface area contributed by atoms with E-state index in [4.69, 9.17) is 16.6 Å². The van der Waals surface area contributed by atoms with E-state index in [1.54, 1.807) is 12.5 Å². The standard InChI is InChI=1S/C23H17ClIN5/c24-19-3-6-21-22(10-19)30(14-16-1-4-20(25)5-2-16)23(28-21)18-9-17(11-27-12-18)13-29-8-7-26-15-29/h1-12,15H,13-14H2. The van der Waals surface area contributed by atoms with E-state index in [2.05, 4.69) is 67.5 Å². The number of imidazole rings is 2. The summed E-state index contributed by atoms with van der Waals surface area (Å²) in [6, 6.07) is 16.5. The highest BCUT2D eigenvalue weighted by atomic mass is 127. The van der Waals surface area contributed by atoms with Gasteiger partial charge in [-0.15, -0.1) is 0 Å². The van der Waals surface area contributed by atoms with E-state index in [-0.39, 0.29) is 0 Å². The van der Waals surface area contributed by atoms with Crippen LogP contribution in [0.25, 0.3) is 22.4 Å². The Morgan fingerprint density at radius 3 is 2.57 bits per heavy atom. The predicted molar refractivity (Wildman–Crippen MR) is 128 cm³/mol. The molecule has 0 spiro atoms. The van der Waals surface area contributed by atoms with E-state index in [1.165, 1.54) is 9.13 Å². The van der Waals surface area contributed by atoms with Gasteiger partial charge in [-0.05, 0) is 70.1 Å². The molecule has 0 radical (unpaired) electrons. The van der Waals surface area contributed by atoms with E-state index >= 15 is 0 Å². The largest absolute Gasteiger partial charge is 0.333 e. The maximum atomic E-state index is 6.31. The average molecular weight is 526 g/mol. The van der Waals surface area contributed by atoms with Crippen molar-refractivity contribution in [2.24, 2.45) is 0 Å². The van der Waals surface area contributed by atoms with Crippen LogP contribution in [0.5, 0.6) is 0 Å². The minimum atomic E-state index is 0.699. The van der Waals surface area contributed by atoms with Gasteiger partial charge in [0.2, 0.25) is 0 Å². The van der Waals surface area contributed by atoms with Gasteiger partial charge in [0.25, 0.3) is 0 Å². The summed E-state index contributed by atoms with van der Waals surface area (Å²) in [5.41, 5.74) is 5.20. The quantitative estimate of drug-likeness (QED) is 0.279. The second-order valence-electron chi connectivity index (χ2n) is 7.10. The molecule has 3 heterocycles. The van der Waals surface area contributed by atoms with Crippen LogP contribution < -0.4 is 0 Å². The molecule has 5 rings (SSSR count). The van der Waals surface area contributed by atoms with E-state index in [9.17, 15) is 0 Å². The maximum absolute atomic E-state index is 6.31. The number of nitrogens with zero attached hydrogens (tertiary/aromatic N) is 5. The van der Waals surface area contributed by atoms with Crippen LogP contribution in [0.3, 0.4) is 0 Å². The SMILES string of the molecule is Clc1ccc2nc(-c3cncc(Cn4ccnc4)c3)n(Cc3ccc(I)cc3)c2c1. The van der Waals surface area contributed by atoms with Crippen LogP contribution in [-0.2, 0) is 13.1 Å². The Balaban J connectivity index is 1.60. The molecule has 0 aliphatic rings. The molecule has 0 aliphatic carbocycles. The molecule has 0 unspecified atom stereocenters. The highest BCUT2D eigenvalue weighted by molar-refractivity contribution is 14.1. The summed E-state index contributed by atoms with van der Waals surface area (Å²) >= 11 is 8.63. The van der Waals surface area contributed by atoms with Gasteiger partial charge >= 0.3 is 0 Å². The van der Waals surface area contributed by atoms with Gasteiger partial charge in [-0.2, -0.15) is 0 Å². The molecule has 0 atom stereocenters. The average Bonchev–Trinajstić information content (AvgIpc) is 3.38. The molecule has 30 heavy (non-hydrogen) atoms. The van der Waals surface area contributed by atoms with Gasteiger partial charge in [0.1, 0.15) is 5.82 Å². The zero-order valence-corrected chi connectivity index (χ0v) is 18.8. The van der Waals surface area contributed by atoms with Crippen molar-refractivity contribution in [2.45, 2.75) is 13.1 Å². The van der Waals surface area contributed by atoms with Crippen molar-refractivity contribution >= 4 is 45.2 Å². The Morgan fingerprint density at radius 2 is 1.77 bits per heavy atom. The normalized spacial score (nSPS) is 11.3. The molecule has 2 aromatic carbocycles. The number of fused-ring (bicyclic) bond motifs is 1. The molecule has 3 aromatic heterocycles. The smallest absolute Gasteiger partial charge is 0.143 e. The molecule has 148 valence electrons. The van der Waals surface area contributed by atoms with Gasteiger partial charge in [0, 0.05) is 45.5 Å². The highest BCUT2D eigenvalue weighted by Crippen LogP contribution is 2.28. The van der Waals surface area contributed by atoms with Crippen molar-refractivity contribution in [3.8, 4) is 11.4 Å². The van der Waals surface area contributed by atoms with Gasteiger partial charge in [-0.3, -0.25) is 4.98 Å². The molecule has 0 bridgehead atoms. The number of hydrogen-bond donors (Lipinski definition) is 0. The van der Waals surface area contributed by atoms with Gasteiger partial charge in [-0.1, -0.05) is 23.7 Å². The fraction of sp³-hybridized carbons (Fsp3) is 0.0870. The van der Waals surface area contributed by atoms with Crippen LogP contribution in [0.1, 0.15) is 11.1 Å². The van der Waals surface area contributed by atoms with Gasteiger partial charge in [0.05, 0.1) is 23.9 Å². The lowest BCUT2D eigenvalue weighted by atomic mass is 10.1. The van der Waals surface area contributed by atoms with Crippen molar-refractivity contribution in [2.75, 3.05) is 0 Å². The molecule has 0 aliphatic heterocycles. The summed E-state index contributed by atoms with van der Waals surface area (Å²) in [6.45, 7) is 1.42. The van der Waals surface area contributed by atoms with E-state index < -0.39 is 0 Å². The number of hydrogen-bond acceptors (Lipinski definition) is 3. The molecule has 0 N–H and O–H groups in total. The minimum absolute atomic E-state index is 0.699. The van der Waals surface area contributed by atoms with Crippen LogP contribution in [0.2, 0.25) is 5.02 Å². The lowest BCUT2D eigenvalue weighted by Gasteiger charge is -2.11. The minimum Gasteiger partial charge on any atom is -0.333 e. The van der Waals surface area contributed by atoms with Crippen LogP contribution in [-0.4, -0.2) is 24.1 Å². The third kappa shape index (κ3) is 3.97. The Hall–Kier alpha value is -2.71. The predicted octanol–water partition coefficient (Wildman–Crippen LogP) is 5.65. The second-order valence-corrected chi connectivity index (χ2v) is 8.78. The molecule has 0 amide bonds. The van der Waals surface area contributed by atoms with Crippen molar-refractivity contribution < 1.29 is 0 Å². The molecule has 5 aromatic rings. The highest BCUT2D eigenvalue weighted by Gasteiger charge is 2.15. The van der Waals surface area contributed by atoms with Gasteiger partial charge in [0.15, 0.2) is 0 Å². The summed E-state index contributed by atoms with van der Waals surface area (Å²) < 4.78 is 5.45. The zero-order chi connectivity index (χ0) is 20.5. The summed E-state index contributed by atoms with van der Waals surface area (Å²) in [6.07, 6.45) is 9.28. The van der Waals surface area contributed by atoms with Crippen molar-refractivity contribution in [1.82, 2.24) is 24.1 Å². The Bertz CT molecular complexity index is 1310. The lowest BCUT2D eigenvalue weighted by Crippen LogP contribution is -2.03. The number of rotatable bonds is 5. The summed E-state index contributed by atoms with van der Waals surface area (Å²) in [4.78, 5) is 13.5. The first-order valence-corrected chi connectivity index (χ1v) is 10.9. The first-order valence-electron chi connectivity index (χ1n) is 9.46. The van der Waals surface area contributed by atoms with Crippen LogP contribution in [0, 0.1) is 3.57 Å². The molecule has 0 fully saturated rings. The van der Waals surface area contributed by atoms with Crippen LogP contribution >= 0.6 is 34.2 Å². The first-order chi connectivity index (χ1) is 14.7. The molecule has 0 saturated carbocycles. The van der Waals surface area contributed by atoms with Crippen molar-refractivity contribution in [1.29, 1.82) is 0 Å².